The van der Waals surface area contributed by atoms with Gasteiger partial charge in [-0.2, -0.15) is 0 Å². The molecule has 0 aromatic carbocycles. The Kier molecular flexibility index (Phi) is 4.53. The minimum Gasteiger partial charge on any atom is -0.462 e. The molecule has 0 aliphatic carbocycles. The molecule has 1 aromatic heterocycles. The second-order valence-corrected chi connectivity index (χ2v) is 2.78. The molecule has 0 aliphatic heterocycles. The lowest BCUT2D eigenvalue weighted by Crippen LogP contribution is -2.15. The Morgan fingerprint density at radius 3 is 2.62 bits per heavy atom. The number of aliphatic hydroxyl groups excluding tert-OH is 2. The van der Waals surface area contributed by atoms with E-state index in [0.717, 1.165) is 18.7 Å². The number of nitrogens with one attached hydrogen (secondary N) is 1. The van der Waals surface area contributed by atoms with E-state index in [-0.39, 0.29) is 13.2 Å². The summed E-state index contributed by atoms with van der Waals surface area (Å²) in [5.74, 6) is 1.39. The average molecular weight is 185 g/mol. The second-order valence-electron chi connectivity index (χ2n) is 2.78. The van der Waals surface area contributed by atoms with Gasteiger partial charge in [0.05, 0.1) is 6.54 Å². The van der Waals surface area contributed by atoms with E-state index < -0.39 is 0 Å². The fourth-order valence-electron chi connectivity index (χ4n) is 1.02. The molecule has 0 fully saturated rings. The molecule has 1 rings (SSSR count). The summed E-state index contributed by atoms with van der Waals surface area (Å²) in [6.07, 6.45) is 0.744. The predicted molar refractivity (Wildman–Crippen MR) is 48.0 cm³/mol. The van der Waals surface area contributed by atoms with Crippen LogP contribution in [0.25, 0.3) is 0 Å². The molecule has 0 bridgehead atoms. The van der Waals surface area contributed by atoms with Gasteiger partial charge in [0.25, 0.3) is 0 Å². The van der Waals surface area contributed by atoms with Crippen molar-refractivity contribution in [2.75, 3.05) is 13.2 Å². The monoisotopic (exact) mass is 185 g/mol. The maximum absolute atomic E-state index is 8.71. The zero-order valence-corrected chi connectivity index (χ0v) is 7.49. The molecule has 0 amide bonds. The van der Waals surface area contributed by atoms with Gasteiger partial charge in [0, 0.05) is 6.61 Å². The van der Waals surface area contributed by atoms with Gasteiger partial charge >= 0.3 is 0 Å². The summed E-state index contributed by atoms with van der Waals surface area (Å²) < 4.78 is 5.24. The lowest BCUT2D eigenvalue weighted by atomic mass is 10.4. The molecule has 0 atom stereocenters. The van der Waals surface area contributed by atoms with Crippen LogP contribution in [0.5, 0.6) is 0 Å². The van der Waals surface area contributed by atoms with E-state index in [9.17, 15) is 0 Å². The van der Waals surface area contributed by atoms with Gasteiger partial charge in [-0.1, -0.05) is 0 Å². The Hall–Kier alpha value is -0.840. The molecule has 0 saturated carbocycles. The molecule has 74 valence electrons. The smallest absolute Gasteiger partial charge is 0.129 e. The van der Waals surface area contributed by atoms with Crippen molar-refractivity contribution >= 4 is 0 Å². The highest BCUT2D eigenvalue weighted by atomic mass is 16.4. The first-order chi connectivity index (χ1) is 6.36. The van der Waals surface area contributed by atoms with E-state index in [1.807, 2.05) is 6.07 Å². The van der Waals surface area contributed by atoms with Gasteiger partial charge < -0.3 is 19.9 Å². The molecule has 0 saturated heterocycles. The molecule has 13 heavy (non-hydrogen) atoms. The van der Waals surface area contributed by atoms with E-state index in [1.54, 1.807) is 6.07 Å². The van der Waals surface area contributed by atoms with Crippen LogP contribution in [0.3, 0.4) is 0 Å². The van der Waals surface area contributed by atoms with Crippen LogP contribution in [0.1, 0.15) is 17.9 Å². The summed E-state index contributed by atoms with van der Waals surface area (Å²) in [4.78, 5) is 0. The third kappa shape index (κ3) is 3.59. The average Bonchev–Trinajstić information content (AvgIpc) is 2.60. The summed E-state index contributed by atoms with van der Waals surface area (Å²) in [7, 11) is 0. The standard InChI is InChI=1S/C9H15NO3/c11-5-1-4-10-6-8-2-3-9(7-12)13-8/h2-3,10-12H,1,4-7H2. The van der Waals surface area contributed by atoms with E-state index in [0.29, 0.717) is 12.3 Å². The van der Waals surface area contributed by atoms with Gasteiger partial charge in [-0.3, -0.25) is 0 Å². The minimum atomic E-state index is -0.0589. The Labute approximate surface area is 77.2 Å². The van der Waals surface area contributed by atoms with Crippen LogP contribution in [0.15, 0.2) is 16.5 Å². The molecule has 1 aromatic rings. The Morgan fingerprint density at radius 2 is 2.00 bits per heavy atom. The molecule has 0 radical (unpaired) electrons. The van der Waals surface area contributed by atoms with Gasteiger partial charge in [0.1, 0.15) is 18.1 Å². The summed E-state index contributed by atoms with van der Waals surface area (Å²) in [6.45, 7) is 1.55. The van der Waals surface area contributed by atoms with Crippen LogP contribution in [-0.4, -0.2) is 23.4 Å². The molecule has 3 N–H and O–H groups in total. The molecule has 0 spiro atoms. The molecule has 4 nitrogen and oxygen atoms in total. The largest absolute Gasteiger partial charge is 0.462 e. The fourth-order valence-corrected chi connectivity index (χ4v) is 1.02. The highest BCUT2D eigenvalue weighted by Crippen LogP contribution is 2.06. The third-order valence-corrected chi connectivity index (χ3v) is 1.68. The summed E-state index contributed by atoms with van der Waals surface area (Å²) in [5.41, 5.74) is 0. The van der Waals surface area contributed by atoms with Crippen molar-refractivity contribution in [2.24, 2.45) is 0 Å². The summed E-state index contributed by atoms with van der Waals surface area (Å²) in [6, 6.07) is 3.58. The zero-order chi connectivity index (χ0) is 9.52. The number of hydrogen-bond donors (Lipinski definition) is 3. The molecule has 0 aliphatic rings. The van der Waals surface area contributed by atoms with Crippen molar-refractivity contribution in [2.45, 2.75) is 19.6 Å². The van der Waals surface area contributed by atoms with Crippen LogP contribution >= 0.6 is 0 Å². The molecular formula is C9H15NO3. The lowest BCUT2D eigenvalue weighted by Gasteiger charge is -1.99. The highest BCUT2D eigenvalue weighted by molar-refractivity contribution is 5.05. The van der Waals surface area contributed by atoms with Crippen molar-refractivity contribution in [1.82, 2.24) is 5.32 Å². The molecular weight excluding hydrogens is 170 g/mol. The van der Waals surface area contributed by atoms with E-state index in [2.05, 4.69) is 5.32 Å². The first-order valence-electron chi connectivity index (χ1n) is 4.37. The molecule has 1 heterocycles. The first kappa shape index (κ1) is 10.2. The summed E-state index contributed by atoms with van der Waals surface area (Å²) >= 11 is 0. The SMILES string of the molecule is OCCCNCc1ccc(CO)o1. The third-order valence-electron chi connectivity index (χ3n) is 1.68. The van der Waals surface area contributed by atoms with Crippen molar-refractivity contribution in [3.8, 4) is 0 Å². The Bertz CT molecular complexity index is 235. The van der Waals surface area contributed by atoms with Gasteiger partial charge in [-0.25, -0.2) is 0 Å². The number of rotatable bonds is 6. The number of hydrogen-bond acceptors (Lipinski definition) is 4. The van der Waals surface area contributed by atoms with Gasteiger partial charge in [0.15, 0.2) is 0 Å². The highest BCUT2D eigenvalue weighted by Gasteiger charge is 1.99. The maximum atomic E-state index is 8.71. The van der Waals surface area contributed by atoms with Crippen LogP contribution in [0, 0.1) is 0 Å². The summed E-state index contributed by atoms with van der Waals surface area (Å²) in [5, 5.41) is 20.3. The first-order valence-corrected chi connectivity index (χ1v) is 4.37. The quantitative estimate of drug-likeness (QED) is 0.556. The minimum absolute atomic E-state index is 0.0589. The van der Waals surface area contributed by atoms with Gasteiger partial charge in [0.2, 0.25) is 0 Å². The molecule has 4 heteroatoms. The van der Waals surface area contributed by atoms with E-state index >= 15 is 0 Å². The Morgan fingerprint density at radius 1 is 1.23 bits per heavy atom. The number of furan rings is 1. The van der Waals surface area contributed by atoms with Crippen molar-refractivity contribution in [1.29, 1.82) is 0 Å². The normalized spacial score (nSPS) is 10.6. The second kappa shape index (κ2) is 5.75. The molecule has 0 unspecified atom stereocenters. The van der Waals surface area contributed by atoms with Crippen molar-refractivity contribution < 1.29 is 14.6 Å². The Balaban J connectivity index is 2.20. The topological polar surface area (TPSA) is 65.6 Å². The van der Waals surface area contributed by atoms with E-state index in [1.165, 1.54) is 0 Å². The van der Waals surface area contributed by atoms with Crippen LogP contribution in [-0.2, 0) is 13.2 Å². The van der Waals surface area contributed by atoms with Gasteiger partial charge in [-0.05, 0) is 25.1 Å². The maximum Gasteiger partial charge on any atom is 0.129 e. The van der Waals surface area contributed by atoms with Crippen molar-refractivity contribution in [3.05, 3.63) is 23.7 Å². The number of aliphatic hydroxyl groups is 2. The predicted octanol–water partition coefficient (Wildman–Crippen LogP) is 0.244. The fraction of sp³-hybridized carbons (Fsp3) is 0.556. The van der Waals surface area contributed by atoms with Crippen LogP contribution in [0.4, 0.5) is 0 Å². The van der Waals surface area contributed by atoms with Crippen molar-refractivity contribution in [3.63, 3.8) is 0 Å². The zero-order valence-electron chi connectivity index (χ0n) is 7.49. The van der Waals surface area contributed by atoms with Crippen LogP contribution in [0.2, 0.25) is 0 Å². The van der Waals surface area contributed by atoms with Crippen LogP contribution < -0.4 is 5.32 Å². The van der Waals surface area contributed by atoms with E-state index in [4.69, 9.17) is 14.6 Å². The lowest BCUT2D eigenvalue weighted by molar-refractivity contribution is 0.242. The van der Waals surface area contributed by atoms with Gasteiger partial charge in [-0.15, -0.1) is 0 Å².